The van der Waals surface area contributed by atoms with Gasteiger partial charge in [-0.3, -0.25) is 4.79 Å². The van der Waals surface area contributed by atoms with Crippen LogP contribution in [0.4, 0.5) is 0 Å². The Morgan fingerprint density at radius 2 is 2.05 bits per heavy atom. The summed E-state index contributed by atoms with van der Waals surface area (Å²) in [6.07, 6.45) is 0.750. The third kappa shape index (κ3) is 3.01. The molecule has 0 aliphatic carbocycles. The first-order valence-electron chi connectivity index (χ1n) is 5.81. The van der Waals surface area contributed by atoms with E-state index in [1.807, 2.05) is 6.92 Å². The smallest absolute Gasteiger partial charge is 0.306 e. The van der Waals surface area contributed by atoms with Crippen LogP contribution in [0.5, 0.6) is 0 Å². The molecule has 0 radical (unpaired) electrons. The molecule has 8 heteroatoms. The van der Waals surface area contributed by atoms with Crippen molar-refractivity contribution in [3.63, 3.8) is 0 Å². The molecule has 1 aromatic heterocycles. The fourth-order valence-corrected chi connectivity index (χ4v) is 5.88. The van der Waals surface area contributed by atoms with E-state index >= 15 is 0 Å². The molecular weight excluding hydrogens is 354 g/mol. The van der Waals surface area contributed by atoms with Crippen LogP contribution < -0.4 is 0 Å². The highest BCUT2D eigenvalue weighted by atomic mass is 79.9. The maximum absolute atomic E-state index is 12.4. The lowest BCUT2D eigenvalue weighted by Crippen LogP contribution is -2.39. The van der Waals surface area contributed by atoms with Gasteiger partial charge in [0.15, 0.2) is 0 Å². The van der Waals surface area contributed by atoms with E-state index in [1.54, 1.807) is 6.07 Å². The first-order valence-corrected chi connectivity index (χ1v) is 8.86. The Morgan fingerprint density at radius 3 is 2.47 bits per heavy atom. The summed E-state index contributed by atoms with van der Waals surface area (Å²) in [4.78, 5) is 10.9. The standard InChI is InChI=1S/C11H14BrNO4S2/c1-7-6-9(18-10(7)12)19(16,17)13-4-2-8(3-5-13)11(14)15/h6,8H,2-5H2,1H3,(H,14,15). The number of carboxylic acids is 1. The molecule has 0 unspecified atom stereocenters. The molecule has 0 aromatic carbocycles. The van der Waals surface area contributed by atoms with Gasteiger partial charge in [-0.1, -0.05) is 0 Å². The largest absolute Gasteiger partial charge is 0.481 e. The van der Waals surface area contributed by atoms with Crippen LogP contribution in [0.25, 0.3) is 0 Å². The van der Waals surface area contributed by atoms with Gasteiger partial charge in [0, 0.05) is 13.1 Å². The van der Waals surface area contributed by atoms with Gasteiger partial charge in [0.25, 0.3) is 10.0 Å². The average molecular weight is 368 g/mol. The van der Waals surface area contributed by atoms with E-state index in [0.29, 0.717) is 17.1 Å². The van der Waals surface area contributed by atoms with Crippen LogP contribution in [-0.4, -0.2) is 36.9 Å². The van der Waals surface area contributed by atoms with E-state index in [-0.39, 0.29) is 13.1 Å². The van der Waals surface area contributed by atoms with Crippen LogP contribution in [0.15, 0.2) is 14.1 Å². The number of halogens is 1. The number of thiophene rings is 1. The fourth-order valence-electron chi connectivity index (χ4n) is 2.03. The lowest BCUT2D eigenvalue weighted by Gasteiger charge is -2.28. The third-order valence-corrected chi connectivity index (χ3v) is 7.72. The number of piperidine rings is 1. The zero-order valence-corrected chi connectivity index (χ0v) is 13.5. The Bertz CT molecular complexity index is 568. The number of rotatable bonds is 3. The number of aryl methyl sites for hydroxylation is 1. The van der Waals surface area contributed by atoms with Crippen LogP contribution in [0.2, 0.25) is 0 Å². The topological polar surface area (TPSA) is 74.7 Å². The Hall–Kier alpha value is -0.440. The number of carboxylic acid groups (broad SMARTS) is 1. The van der Waals surface area contributed by atoms with Crippen molar-refractivity contribution in [3.05, 3.63) is 15.4 Å². The maximum atomic E-state index is 12.4. The second-order valence-corrected chi connectivity index (χ2v) is 9.07. The fraction of sp³-hybridized carbons (Fsp3) is 0.545. The first-order chi connectivity index (χ1) is 8.82. The minimum Gasteiger partial charge on any atom is -0.481 e. The summed E-state index contributed by atoms with van der Waals surface area (Å²) in [5, 5.41) is 8.91. The Morgan fingerprint density at radius 1 is 1.47 bits per heavy atom. The van der Waals surface area contributed by atoms with Crippen LogP contribution in [0.3, 0.4) is 0 Å². The molecule has 1 aliphatic heterocycles. The number of carbonyl (C=O) groups is 1. The van der Waals surface area contributed by atoms with Gasteiger partial charge in [-0.05, 0) is 47.3 Å². The van der Waals surface area contributed by atoms with E-state index < -0.39 is 21.9 Å². The normalized spacial score (nSPS) is 18.6. The second-order valence-electron chi connectivity index (χ2n) is 4.54. The minimum absolute atomic E-state index is 0.272. The Balaban J connectivity index is 2.16. The van der Waals surface area contributed by atoms with Crippen molar-refractivity contribution in [2.45, 2.75) is 24.0 Å². The SMILES string of the molecule is Cc1cc(S(=O)(=O)N2CCC(C(=O)O)CC2)sc1Br. The van der Waals surface area contributed by atoms with Crippen molar-refractivity contribution in [3.8, 4) is 0 Å². The molecule has 2 heterocycles. The molecule has 0 spiro atoms. The van der Waals surface area contributed by atoms with Gasteiger partial charge < -0.3 is 5.11 Å². The Kier molecular flexibility index (Phi) is 4.34. The predicted molar refractivity (Wildman–Crippen MR) is 75.9 cm³/mol. The van der Waals surface area contributed by atoms with E-state index in [0.717, 1.165) is 9.35 Å². The van der Waals surface area contributed by atoms with Crippen molar-refractivity contribution in [2.75, 3.05) is 13.1 Å². The summed E-state index contributed by atoms with van der Waals surface area (Å²) >= 11 is 4.51. The van der Waals surface area contributed by atoms with E-state index in [4.69, 9.17) is 5.11 Å². The van der Waals surface area contributed by atoms with Crippen molar-refractivity contribution in [1.82, 2.24) is 4.31 Å². The summed E-state index contributed by atoms with van der Waals surface area (Å²) in [5.74, 6) is -1.27. The van der Waals surface area contributed by atoms with Gasteiger partial charge in [-0.2, -0.15) is 4.31 Å². The summed E-state index contributed by atoms with van der Waals surface area (Å²) in [6.45, 7) is 2.39. The highest BCUT2D eigenvalue weighted by Crippen LogP contribution is 2.33. The third-order valence-electron chi connectivity index (χ3n) is 3.23. The number of sulfonamides is 1. The molecule has 19 heavy (non-hydrogen) atoms. The van der Waals surface area contributed by atoms with Crippen LogP contribution in [0.1, 0.15) is 18.4 Å². The maximum Gasteiger partial charge on any atom is 0.306 e. The molecule has 1 fully saturated rings. The van der Waals surface area contributed by atoms with Crippen molar-refractivity contribution < 1.29 is 18.3 Å². The summed E-state index contributed by atoms with van der Waals surface area (Å²) in [6, 6.07) is 1.65. The van der Waals surface area contributed by atoms with Crippen molar-refractivity contribution in [1.29, 1.82) is 0 Å². The van der Waals surface area contributed by atoms with Gasteiger partial charge in [0.05, 0.1) is 9.70 Å². The highest BCUT2D eigenvalue weighted by Gasteiger charge is 2.33. The molecule has 106 valence electrons. The first kappa shape index (κ1) is 15.0. The molecule has 0 bridgehead atoms. The highest BCUT2D eigenvalue weighted by molar-refractivity contribution is 9.11. The zero-order chi connectivity index (χ0) is 14.2. The summed E-state index contributed by atoms with van der Waals surface area (Å²) in [5.41, 5.74) is 0.893. The van der Waals surface area contributed by atoms with Gasteiger partial charge in [0.2, 0.25) is 0 Å². The number of hydrogen-bond donors (Lipinski definition) is 1. The van der Waals surface area contributed by atoms with E-state index in [9.17, 15) is 13.2 Å². The second kappa shape index (κ2) is 5.51. The molecule has 0 saturated carbocycles. The monoisotopic (exact) mass is 367 g/mol. The van der Waals surface area contributed by atoms with E-state index in [2.05, 4.69) is 15.9 Å². The van der Waals surface area contributed by atoms with Crippen LogP contribution >= 0.6 is 27.3 Å². The Labute approximate surface area is 124 Å². The number of hydrogen-bond acceptors (Lipinski definition) is 4. The lowest BCUT2D eigenvalue weighted by molar-refractivity contribution is -0.142. The van der Waals surface area contributed by atoms with Crippen LogP contribution in [-0.2, 0) is 14.8 Å². The number of aliphatic carboxylic acids is 1. The van der Waals surface area contributed by atoms with Crippen LogP contribution in [0, 0.1) is 12.8 Å². The quantitative estimate of drug-likeness (QED) is 0.889. The molecular formula is C11H14BrNO4S2. The molecule has 1 saturated heterocycles. The van der Waals surface area contributed by atoms with Gasteiger partial charge in [-0.25, -0.2) is 8.42 Å². The van der Waals surface area contributed by atoms with Gasteiger partial charge >= 0.3 is 5.97 Å². The lowest BCUT2D eigenvalue weighted by atomic mass is 9.99. The molecule has 1 aromatic rings. The minimum atomic E-state index is -3.48. The molecule has 1 aliphatic rings. The van der Waals surface area contributed by atoms with Crippen molar-refractivity contribution >= 4 is 43.3 Å². The van der Waals surface area contributed by atoms with Crippen molar-refractivity contribution in [2.24, 2.45) is 5.92 Å². The molecule has 2 rings (SSSR count). The molecule has 1 N–H and O–H groups in total. The predicted octanol–water partition coefficient (Wildman–Crippen LogP) is 2.30. The average Bonchev–Trinajstić information content (AvgIpc) is 2.70. The van der Waals surface area contributed by atoms with Gasteiger partial charge in [0.1, 0.15) is 4.21 Å². The number of nitrogens with zero attached hydrogens (tertiary/aromatic N) is 1. The van der Waals surface area contributed by atoms with E-state index in [1.165, 1.54) is 15.6 Å². The molecule has 0 atom stereocenters. The summed E-state index contributed by atoms with van der Waals surface area (Å²) in [7, 11) is -3.48. The van der Waals surface area contributed by atoms with Gasteiger partial charge in [-0.15, -0.1) is 11.3 Å². The molecule has 0 amide bonds. The summed E-state index contributed by atoms with van der Waals surface area (Å²) < 4.78 is 27.3. The molecule has 5 nitrogen and oxygen atoms in total. The zero-order valence-electron chi connectivity index (χ0n) is 10.3.